The van der Waals surface area contributed by atoms with Crippen LogP contribution in [-0.2, 0) is 11.3 Å². The van der Waals surface area contributed by atoms with Gasteiger partial charge < -0.3 is 9.84 Å². The molecule has 0 atom stereocenters. The van der Waals surface area contributed by atoms with E-state index in [1.165, 1.54) is 23.5 Å². The number of nitrogens with zero attached hydrogens (tertiary/aromatic N) is 2. The van der Waals surface area contributed by atoms with Crippen LogP contribution in [0.15, 0.2) is 24.3 Å². The zero-order chi connectivity index (χ0) is 15.5. The van der Waals surface area contributed by atoms with Gasteiger partial charge >= 0.3 is 5.97 Å². The summed E-state index contributed by atoms with van der Waals surface area (Å²) in [5.74, 6) is -1.41. The molecule has 22 heavy (non-hydrogen) atoms. The number of hydrogen-bond acceptors (Lipinski definition) is 5. The Morgan fingerprint density at radius 3 is 2.64 bits per heavy atom. The molecule has 1 fully saturated rings. The predicted molar refractivity (Wildman–Crippen MR) is 80.6 cm³/mol. The van der Waals surface area contributed by atoms with E-state index in [1.54, 1.807) is 12.1 Å². The van der Waals surface area contributed by atoms with Gasteiger partial charge in [-0.15, -0.1) is 11.3 Å². The van der Waals surface area contributed by atoms with Crippen molar-refractivity contribution in [2.75, 3.05) is 26.3 Å². The Morgan fingerprint density at radius 2 is 2.00 bits per heavy atom. The molecule has 2 heterocycles. The van der Waals surface area contributed by atoms with Crippen LogP contribution in [-0.4, -0.2) is 47.3 Å². The van der Waals surface area contributed by atoms with Crippen molar-refractivity contribution >= 4 is 17.3 Å². The Kier molecular flexibility index (Phi) is 4.47. The summed E-state index contributed by atoms with van der Waals surface area (Å²) in [5, 5.41) is 10.1. The summed E-state index contributed by atoms with van der Waals surface area (Å²) in [4.78, 5) is 18.4. The standard InChI is InChI=1S/C15H15FN2O3S/c16-11-3-1-10(2-4-11)14-13(15(19)20)17-12(22-14)9-18-5-7-21-8-6-18/h1-4H,5-9H2,(H,19,20). The monoisotopic (exact) mass is 322 g/mol. The Labute approximate surface area is 131 Å². The lowest BCUT2D eigenvalue weighted by atomic mass is 10.1. The minimum absolute atomic E-state index is 0.0277. The van der Waals surface area contributed by atoms with Crippen molar-refractivity contribution < 1.29 is 19.0 Å². The molecule has 5 nitrogen and oxygen atoms in total. The number of morpholine rings is 1. The second-order valence-corrected chi connectivity index (χ2v) is 6.07. The van der Waals surface area contributed by atoms with Crippen LogP contribution >= 0.6 is 11.3 Å². The molecule has 0 radical (unpaired) electrons. The largest absolute Gasteiger partial charge is 0.476 e. The van der Waals surface area contributed by atoms with Crippen LogP contribution in [0.1, 0.15) is 15.5 Å². The molecule has 116 valence electrons. The third kappa shape index (κ3) is 3.32. The lowest BCUT2D eigenvalue weighted by molar-refractivity contribution is 0.0341. The van der Waals surface area contributed by atoms with Crippen molar-refractivity contribution in [3.63, 3.8) is 0 Å². The first-order valence-electron chi connectivity index (χ1n) is 6.92. The summed E-state index contributed by atoms with van der Waals surface area (Å²) in [6.45, 7) is 3.60. The molecule has 1 aromatic carbocycles. The van der Waals surface area contributed by atoms with Gasteiger partial charge in [-0.25, -0.2) is 14.2 Å². The van der Waals surface area contributed by atoms with E-state index in [9.17, 15) is 14.3 Å². The average Bonchev–Trinajstić information content (AvgIpc) is 2.93. The number of hydrogen-bond donors (Lipinski definition) is 1. The summed E-state index contributed by atoms with van der Waals surface area (Å²) in [7, 11) is 0. The van der Waals surface area contributed by atoms with Crippen molar-refractivity contribution in [2.45, 2.75) is 6.54 Å². The highest BCUT2D eigenvalue weighted by Crippen LogP contribution is 2.31. The Hall–Kier alpha value is -1.83. The van der Waals surface area contributed by atoms with E-state index < -0.39 is 5.97 Å². The molecule has 0 unspecified atom stereocenters. The minimum Gasteiger partial charge on any atom is -0.476 e. The smallest absolute Gasteiger partial charge is 0.356 e. The molecule has 0 aliphatic carbocycles. The van der Waals surface area contributed by atoms with Crippen LogP contribution in [0.3, 0.4) is 0 Å². The van der Waals surface area contributed by atoms with Crippen molar-refractivity contribution in [3.8, 4) is 10.4 Å². The number of carboxylic acid groups (broad SMARTS) is 1. The maximum Gasteiger partial charge on any atom is 0.356 e. The highest BCUT2D eigenvalue weighted by atomic mass is 32.1. The zero-order valence-corrected chi connectivity index (χ0v) is 12.6. The normalized spacial score (nSPS) is 15.9. The fourth-order valence-corrected chi connectivity index (χ4v) is 3.43. The predicted octanol–water partition coefficient (Wildman–Crippen LogP) is 2.48. The highest BCUT2D eigenvalue weighted by molar-refractivity contribution is 7.15. The molecule has 0 bridgehead atoms. The highest BCUT2D eigenvalue weighted by Gasteiger charge is 2.21. The van der Waals surface area contributed by atoms with Crippen LogP contribution in [0.2, 0.25) is 0 Å². The van der Waals surface area contributed by atoms with Crippen LogP contribution in [0, 0.1) is 5.82 Å². The molecule has 3 rings (SSSR count). The Morgan fingerprint density at radius 1 is 1.32 bits per heavy atom. The van der Waals surface area contributed by atoms with Crippen LogP contribution in [0.5, 0.6) is 0 Å². The van der Waals surface area contributed by atoms with E-state index in [1.807, 2.05) is 0 Å². The number of carboxylic acids is 1. The van der Waals surface area contributed by atoms with Gasteiger partial charge in [0.1, 0.15) is 10.8 Å². The van der Waals surface area contributed by atoms with E-state index >= 15 is 0 Å². The van der Waals surface area contributed by atoms with E-state index in [0.29, 0.717) is 30.2 Å². The lowest BCUT2D eigenvalue weighted by Crippen LogP contribution is -2.35. The zero-order valence-electron chi connectivity index (χ0n) is 11.8. The molecular formula is C15H15FN2O3S. The van der Waals surface area contributed by atoms with Gasteiger partial charge in [0.15, 0.2) is 5.69 Å². The van der Waals surface area contributed by atoms with Gasteiger partial charge in [0.2, 0.25) is 0 Å². The minimum atomic E-state index is -1.07. The summed E-state index contributed by atoms with van der Waals surface area (Å²) in [6.07, 6.45) is 0. The molecule has 0 saturated carbocycles. The summed E-state index contributed by atoms with van der Waals surface area (Å²) in [6, 6.07) is 5.80. The molecule has 1 saturated heterocycles. The van der Waals surface area contributed by atoms with Gasteiger partial charge in [-0.05, 0) is 17.7 Å². The van der Waals surface area contributed by atoms with Crippen molar-refractivity contribution in [3.05, 3.63) is 40.8 Å². The van der Waals surface area contributed by atoms with Gasteiger partial charge in [-0.3, -0.25) is 4.90 Å². The number of benzene rings is 1. The summed E-state index contributed by atoms with van der Waals surface area (Å²) < 4.78 is 18.3. The quantitative estimate of drug-likeness (QED) is 0.937. The molecule has 2 aromatic rings. The summed E-state index contributed by atoms with van der Waals surface area (Å²) in [5.41, 5.74) is 0.699. The number of halogens is 1. The fourth-order valence-electron chi connectivity index (χ4n) is 2.32. The van der Waals surface area contributed by atoms with E-state index in [2.05, 4.69) is 9.88 Å². The molecule has 1 aliphatic heterocycles. The topological polar surface area (TPSA) is 62.7 Å². The number of aromatic carboxylic acids is 1. The third-order valence-corrected chi connectivity index (χ3v) is 4.53. The molecular weight excluding hydrogens is 307 g/mol. The molecule has 0 amide bonds. The molecule has 1 aromatic heterocycles. The number of ether oxygens (including phenoxy) is 1. The van der Waals surface area contributed by atoms with Crippen LogP contribution in [0.4, 0.5) is 4.39 Å². The molecule has 1 aliphatic rings. The van der Waals surface area contributed by atoms with Gasteiger partial charge in [0.05, 0.1) is 24.6 Å². The number of aromatic nitrogens is 1. The number of thiazole rings is 1. The Balaban J connectivity index is 1.88. The van der Waals surface area contributed by atoms with Crippen molar-refractivity contribution in [1.82, 2.24) is 9.88 Å². The molecule has 7 heteroatoms. The summed E-state index contributed by atoms with van der Waals surface area (Å²) >= 11 is 1.34. The SMILES string of the molecule is O=C(O)c1nc(CN2CCOCC2)sc1-c1ccc(F)cc1. The van der Waals surface area contributed by atoms with Gasteiger partial charge in [0.25, 0.3) is 0 Å². The third-order valence-electron chi connectivity index (χ3n) is 3.44. The average molecular weight is 322 g/mol. The first-order valence-corrected chi connectivity index (χ1v) is 7.74. The van der Waals surface area contributed by atoms with Gasteiger partial charge in [-0.1, -0.05) is 12.1 Å². The fraction of sp³-hybridized carbons (Fsp3) is 0.333. The molecule has 0 spiro atoms. The van der Waals surface area contributed by atoms with E-state index in [4.69, 9.17) is 4.74 Å². The van der Waals surface area contributed by atoms with Crippen LogP contribution in [0.25, 0.3) is 10.4 Å². The van der Waals surface area contributed by atoms with Crippen molar-refractivity contribution in [1.29, 1.82) is 0 Å². The van der Waals surface area contributed by atoms with Gasteiger partial charge in [-0.2, -0.15) is 0 Å². The van der Waals surface area contributed by atoms with Crippen molar-refractivity contribution in [2.24, 2.45) is 0 Å². The first-order chi connectivity index (χ1) is 10.6. The first kappa shape index (κ1) is 15.1. The van der Waals surface area contributed by atoms with Gasteiger partial charge in [0, 0.05) is 13.1 Å². The maximum absolute atomic E-state index is 13.0. The second kappa shape index (κ2) is 6.51. The van der Waals surface area contributed by atoms with E-state index in [-0.39, 0.29) is 11.5 Å². The Bertz CT molecular complexity index is 666. The lowest BCUT2D eigenvalue weighted by Gasteiger charge is -2.25. The van der Waals surface area contributed by atoms with Crippen LogP contribution < -0.4 is 0 Å². The maximum atomic E-state index is 13.0. The number of carbonyl (C=O) groups is 1. The van der Waals surface area contributed by atoms with E-state index in [0.717, 1.165) is 18.1 Å². The molecule has 1 N–H and O–H groups in total. The second-order valence-electron chi connectivity index (χ2n) is 4.99. The number of rotatable bonds is 4.